The summed E-state index contributed by atoms with van der Waals surface area (Å²) in [6.45, 7) is 0. The van der Waals surface area contributed by atoms with E-state index in [-0.39, 0.29) is 11.1 Å². The molecule has 0 unspecified atom stereocenters. The molecule has 106 valence electrons. The maximum Gasteiger partial charge on any atom is 0.189 e. The molecule has 0 aliphatic rings. The van der Waals surface area contributed by atoms with Crippen molar-refractivity contribution in [2.45, 2.75) is 5.16 Å². The van der Waals surface area contributed by atoms with Crippen LogP contribution < -0.4 is 5.32 Å². The maximum absolute atomic E-state index is 13.8. The lowest BCUT2D eigenvalue weighted by Crippen LogP contribution is -2.04. The number of aromatic nitrogens is 2. The second-order valence-electron chi connectivity index (χ2n) is 4.00. The van der Waals surface area contributed by atoms with Crippen LogP contribution in [0.3, 0.4) is 0 Å². The molecule has 0 spiro atoms. The Morgan fingerprint density at radius 3 is 2.71 bits per heavy atom. The van der Waals surface area contributed by atoms with Gasteiger partial charge in [-0.3, -0.25) is 4.79 Å². The zero-order chi connectivity index (χ0) is 15.4. The van der Waals surface area contributed by atoms with Gasteiger partial charge in [0.25, 0.3) is 0 Å². The summed E-state index contributed by atoms with van der Waals surface area (Å²) in [6.07, 6.45) is 2.43. The second kappa shape index (κ2) is 6.33. The molecule has 1 N–H and O–H groups in total. The number of nitrogens with zero attached hydrogens (tertiary/aromatic N) is 3. The van der Waals surface area contributed by atoms with Gasteiger partial charge in [-0.2, -0.15) is 5.26 Å². The molecule has 21 heavy (non-hydrogen) atoms. The van der Waals surface area contributed by atoms with Crippen LogP contribution in [0.25, 0.3) is 11.3 Å². The molecule has 0 aliphatic carbocycles. The summed E-state index contributed by atoms with van der Waals surface area (Å²) >= 11 is 1.31. The molecule has 1 heterocycles. The van der Waals surface area contributed by atoms with Crippen LogP contribution in [-0.4, -0.2) is 29.6 Å². The zero-order valence-corrected chi connectivity index (χ0v) is 12.2. The number of carbonyl (C=O) groups is 1. The van der Waals surface area contributed by atoms with Gasteiger partial charge in [0.15, 0.2) is 11.4 Å². The highest BCUT2D eigenvalue weighted by molar-refractivity contribution is 7.98. The molecule has 1 aromatic carbocycles. The molecule has 0 saturated carbocycles. The van der Waals surface area contributed by atoms with Crippen LogP contribution in [0, 0.1) is 17.1 Å². The lowest BCUT2D eigenvalue weighted by atomic mass is 10.0. The van der Waals surface area contributed by atoms with Crippen LogP contribution in [0.15, 0.2) is 23.4 Å². The smallest absolute Gasteiger partial charge is 0.189 e. The molecular formula is C14H11FN4OS. The number of hydrogen-bond acceptors (Lipinski definition) is 6. The molecule has 0 atom stereocenters. The number of thioether (sulfide) groups is 1. The highest BCUT2D eigenvalue weighted by Crippen LogP contribution is 2.28. The SMILES string of the molecule is CNc1nc(SC)nc(-c2ccc(C#N)c(F)c2)c1C=O. The number of rotatable bonds is 4. The zero-order valence-electron chi connectivity index (χ0n) is 11.3. The van der Waals surface area contributed by atoms with Gasteiger partial charge in [0.1, 0.15) is 17.7 Å². The van der Waals surface area contributed by atoms with E-state index in [1.807, 2.05) is 0 Å². The van der Waals surface area contributed by atoms with Crippen LogP contribution in [0.2, 0.25) is 0 Å². The molecule has 1 aromatic heterocycles. The van der Waals surface area contributed by atoms with E-state index < -0.39 is 5.82 Å². The third kappa shape index (κ3) is 2.85. The number of carbonyl (C=O) groups excluding carboxylic acids is 1. The summed E-state index contributed by atoms with van der Waals surface area (Å²) < 4.78 is 13.8. The Labute approximate surface area is 125 Å². The van der Waals surface area contributed by atoms with Crippen molar-refractivity contribution in [1.29, 1.82) is 5.26 Å². The Balaban J connectivity index is 2.70. The standard InChI is InChI=1S/C14H11FN4OS/c1-17-13-10(7-20)12(18-14(19-13)21-2)8-3-4-9(6-16)11(15)5-8/h3-5,7H,1-2H3,(H,17,18,19). The summed E-state index contributed by atoms with van der Waals surface area (Å²) in [7, 11) is 1.64. The Bertz CT molecular complexity index is 742. The van der Waals surface area contributed by atoms with E-state index in [9.17, 15) is 9.18 Å². The van der Waals surface area contributed by atoms with Crippen LogP contribution in [0.4, 0.5) is 10.2 Å². The number of halogens is 1. The lowest BCUT2D eigenvalue weighted by molar-refractivity contribution is 0.112. The fraction of sp³-hybridized carbons (Fsp3) is 0.143. The van der Waals surface area contributed by atoms with Crippen molar-refractivity contribution in [1.82, 2.24) is 9.97 Å². The van der Waals surface area contributed by atoms with Gasteiger partial charge in [0.2, 0.25) is 0 Å². The molecule has 0 bridgehead atoms. The fourth-order valence-corrected chi connectivity index (χ4v) is 2.18. The quantitative estimate of drug-likeness (QED) is 0.531. The van der Waals surface area contributed by atoms with Crippen LogP contribution in [-0.2, 0) is 0 Å². The minimum atomic E-state index is -0.651. The molecule has 0 saturated heterocycles. The van der Waals surface area contributed by atoms with Gasteiger partial charge < -0.3 is 5.32 Å². The van der Waals surface area contributed by atoms with Crippen molar-refractivity contribution in [3.63, 3.8) is 0 Å². The normalized spacial score (nSPS) is 10.0. The van der Waals surface area contributed by atoms with Gasteiger partial charge in [-0.1, -0.05) is 17.8 Å². The molecule has 5 nitrogen and oxygen atoms in total. The average molecular weight is 302 g/mol. The van der Waals surface area contributed by atoms with E-state index in [2.05, 4.69) is 15.3 Å². The van der Waals surface area contributed by atoms with Crippen molar-refractivity contribution in [2.75, 3.05) is 18.6 Å². The molecule has 0 fully saturated rings. The molecular weight excluding hydrogens is 291 g/mol. The summed E-state index contributed by atoms with van der Waals surface area (Å²) in [5.74, 6) is -0.272. The average Bonchev–Trinajstić information content (AvgIpc) is 2.53. The van der Waals surface area contributed by atoms with Gasteiger partial charge in [0, 0.05) is 12.6 Å². The van der Waals surface area contributed by atoms with Gasteiger partial charge in [0.05, 0.1) is 16.8 Å². The first-order chi connectivity index (χ1) is 10.1. The largest absolute Gasteiger partial charge is 0.372 e. The van der Waals surface area contributed by atoms with Crippen molar-refractivity contribution < 1.29 is 9.18 Å². The molecule has 0 amide bonds. The van der Waals surface area contributed by atoms with E-state index in [1.54, 1.807) is 25.4 Å². The Morgan fingerprint density at radius 2 is 2.19 bits per heavy atom. The number of nitrogens with one attached hydrogen (secondary N) is 1. The molecule has 7 heteroatoms. The first kappa shape index (κ1) is 14.9. The van der Waals surface area contributed by atoms with Gasteiger partial charge in [-0.15, -0.1) is 0 Å². The Hall–Kier alpha value is -2.46. The van der Waals surface area contributed by atoms with Gasteiger partial charge in [-0.25, -0.2) is 14.4 Å². The highest BCUT2D eigenvalue weighted by atomic mass is 32.2. The number of hydrogen-bond donors (Lipinski definition) is 1. The van der Waals surface area contributed by atoms with Gasteiger partial charge >= 0.3 is 0 Å². The van der Waals surface area contributed by atoms with E-state index in [4.69, 9.17) is 5.26 Å². The third-order valence-electron chi connectivity index (χ3n) is 2.83. The lowest BCUT2D eigenvalue weighted by Gasteiger charge is -2.11. The van der Waals surface area contributed by atoms with Gasteiger partial charge in [-0.05, 0) is 18.4 Å². The van der Waals surface area contributed by atoms with E-state index in [0.717, 1.165) is 0 Å². The van der Waals surface area contributed by atoms with Crippen molar-refractivity contribution in [3.8, 4) is 17.3 Å². The van der Waals surface area contributed by atoms with E-state index in [0.29, 0.717) is 28.5 Å². The van der Waals surface area contributed by atoms with Crippen molar-refractivity contribution in [3.05, 3.63) is 35.1 Å². The minimum Gasteiger partial charge on any atom is -0.372 e. The first-order valence-corrected chi connectivity index (χ1v) is 7.16. The first-order valence-electron chi connectivity index (χ1n) is 5.93. The summed E-state index contributed by atoms with van der Waals surface area (Å²) in [4.78, 5) is 19.8. The number of benzene rings is 1. The number of anilines is 1. The molecule has 0 radical (unpaired) electrons. The monoisotopic (exact) mass is 302 g/mol. The highest BCUT2D eigenvalue weighted by Gasteiger charge is 2.16. The molecule has 2 rings (SSSR count). The minimum absolute atomic E-state index is 0.0561. The predicted octanol–water partition coefficient (Wildman–Crippen LogP) is 2.73. The van der Waals surface area contributed by atoms with Crippen molar-refractivity contribution >= 4 is 23.9 Å². The second-order valence-corrected chi connectivity index (χ2v) is 4.77. The molecule has 2 aromatic rings. The Morgan fingerprint density at radius 1 is 1.43 bits per heavy atom. The summed E-state index contributed by atoms with van der Waals surface area (Å²) in [5.41, 5.74) is 0.943. The predicted molar refractivity (Wildman–Crippen MR) is 78.9 cm³/mol. The number of aldehydes is 1. The topological polar surface area (TPSA) is 78.7 Å². The van der Waals surface area contributed by atoms with Crippen molar-refractivity contribution in [2.24, 2.45) is 0 Å². The number of nitriles is 1. The summed E-state index contributed by atoms with van der Waals surface area (Å²) in [5, 5.41) is 12.0. The summed E-state index contributed by atoms with van der Waals surface area (Å²) in [6, 6.07) is 5.86. The fourth-order valence-electron chi connectivity index (χ4n) is 1.82. The van der Waals surface area contributed by atoms with E-state index in [1.165, 1.54) is 23.9 Å². The van der Waals surface area contributed by atoms with Crippen LogP contribution in [0.1, 0.15) is 15.9 Å². The third-order valence-corrected chi connectivity index (χ3v) is 3.37. The van der Waals surface area contributed by atoms with Crippen LogP contribution in [0.5, 0.6) is 0 Å². The van der Waals surface area contributed by atoms with E-state index >= 15 is 0 Å². The maximum atomic E-state index is 13.8. The van der Waals surface area contributed by atoms with Crippen LogP contribution >= 0.6 is 11.8 Å². The Kier molecular flexibility index (Phi) is 4.50. The molecule has 0 aliphatic heterocycles.